The second kappa shape index (κ2) is 8.10. The van der Waals surface area contributed by atoms with Crippen LogP contribution in [0, 0.1) is 0 Å². The van der Waals surface area contributed by atoms with Gasteiger partial charge in [-0.3, -0.25) is 0 Å². The van der Waals surface area contributed by atoms with Gasteiger partial charge in [-0.25, -0.2) is 9.37 Å². The minimum absolute atomic E-state index is 0.0644. The summed E-state index contributed by atoms with van der Waals surface area (Å²) in [6.45, 7) is 0.348. The zero-order valence-corrected chi connectivity index (χ0v) is 18.0. The molecule has 4 atom stereocenters. The maximum atomic E-state index is 14.7. The first kappa shape index (κ1) is 20.8. The molecule has 2 aliphatic heterocycles. The van der Waals surface area contributed by atoms with Crippen LogP contribution in [0.25, 0.3) is 11.2 Å². The van der Waals surface area contributed by atoms with Gasteiger partial charge in [-0.2, -0.15) is 4.98 Å². The van der Waals surface area contributed by atoms with Crippen molar-refractivity contribution < 1.29 is 23.7 Å². The molecule has 2 aliphatic rings. The smallest absolute Gasteiger partial charge is 0.296 e. The Kier molecular flexibility index (Phi) is 5.43. The van der Waals surface area contributed by atoms with Crippen LogP contribution in [0.2, 0.25) is 5.02 Å². The third-order valence-corrected chi connectivity index (χ3v) is 6.52. The first-order valence-electron chi connectivity index (χ1n) is 9.69. The lowest BCUT2D eigenvalue weighted by Crippen LogP contribution is -2.43. The maximum Gasteiger partial charge on any atom is 0.296 e. The van der Waals surface area contributed by atoms with Crippen molar-refractivity contribution in [2.24, 2.45) is 0 Å². The van der Waals surface area contributed by atoms with E-state index in [-0.39, 0.29) is 19.2 Å². The lowest BCUT2D eigenvalue weighted by Gasteiger charge is -2.20. The van der Waals surface area contributed by atoms with Crippen LogP contribution in [0.3, 0.4) is 0 Å². The van der Waals surface area contributed by atoms with Crippen molar-refractivity contribution in [3.63, 3.8) is 0 Å². The molecule has 0 aliphatic carbocycles. The van der Waals surface area contributed by atoms with Crippen molar-refractivity contribution in [3.05, 3.63) is 40.9 Å². The van der Waals surface area contributed by atoms with Crippen molar-refractivity contribution in [2.45, 2.75) is 35.6 Å². The van der Waals surface area contributed by atoms with Crippen LogP contribution >= 0.6 is 23.4 Å². The van der Waals surface area contributed by atoms with Gasteiger partial charge in [0.15, 0.2) is 17.9 Å². The summed E-state index contributed by atoms with van der Waals surface area (Å²) in [5.74, 6) is -1.76. The number of thioether (sulfide) groups is 1. The van der Waals surface area contributed by atoms with Crippen LogP contribution in [0.15, 0.2) is 35.2 Å². The summed E-state index contributed by atoms with van der Waals surface area (Å²) in [6.07, 6.45) is -1.09. The van der Waals surface area contributed by atoms with Gasteiger partial charge in [-0.05, 0) is 24.0 Å². The first-order valence-corrected chi connectivity index (χ1v) is 11.3. The number of hydrogen-bond donors (Lipinski definition) is 3. The average molecular weight is 467 g/mol. The van der Waals surface area contributed by atoms with E-state index in [1.165, 1.54) is 4.90 Å². The molecule has 2 saturated heterocycles. The molecule has 1 aromatic carbocycles. The van der Waals surface area contributed by atoms with E-state index in [0.29, 0.717) is 28.5 Å². The van der Waals surface area contributed by atoms with Gasteiger partial charge < -0.3 is 29.6 Å². The third-order valence-electron chi connectivity index (χ3n) is 5.39. The highest BCUT2D eigenvalue weighted by atomic mass is 35.5. The van der Waals surface area contributed by atoms with Crippen LogP contribution in [-0.4, -0.2) is 63.7 Å². The number of imidazole rings is 1. The number of nitrogens with zero attached hydrogens (tertiary/aromatic N) is 2. The second-order valence-corrected chi connectivity index (χ2v) is 8.59. The fourth-order valence-electron chi connectivity index (χ4n) is 3.79. The highest BCUT2D eigenvalue weighted by Crippen LogP contribution is 2.40. The summed E-state index contributed by atoms with van der Waals surface area (Å²) in [6, 6.07) is 9.93. The van der Waals surface area contributed by atoms with E-state index >= 15 is 0 Å². The molecule has 0 bridgehead atoms. The topological polar surface area (TPSA) is 102 Å². The van der Waals surface area contributed by atoms with Crippen molar-refractivity contribution in [1.29, 1.82) is 0 Å². The van der Waals surface area contributed by atoms with Gasteiger partial charge in [-0.15, -0.1) is 11.8 Å². The van der Waals surface area contributed by atoms with Crippen molar-refractivity contribution >= 4 is 40.3 Å². The van der Waals surface area contributed by atoms with Gasteiger partial charge in [0.25, 0.3) is 11.9 Å². The first-order chi connectivity index (χ1) is 15.0. The van der Waals surface area contributed by atoms with Crippen LogP contribution < -0.4 is 10.1 Å². The van der Waals surface area contributed by atoms with Crippen molar-refractivity contribution in [3.8, 4) is 6.01 Å². The number of aliphatic hydroxyl groups excluding tert-OH is 1. The molecule has 164 valence electrons. The molecule has 0 amide bonds. The highest BCUT2D eigenvalue weighted by molar-refractivity contribution is 7.98. The van der Waals surface area contributed by atoms with Gasteiger partial charge >= 0.3 is 0 Å². The number of pyridine rings is 1. The molecule has 0 spiro atoms. The molecule has 11 heteroatoms. The van der Waals surface area contributed by atoms with E-state index in [4.69, 9.17) is 25.8 Å². The molecule has 0 radical (unpaired) electrons. The Hall–Kier alpha value is -2.11. The molecular formula is C20H20ClFN4O4S. The molecule has 2 aromatic heterocycles. The SMILES string of the molecule is CSc1ccccc1CNc1nc2nc(O[C@@H]3CO[C@]4(F)[C@H](O)CO[C@H]34)[nH]c2cc1Cl. The van der Waals surface area contributed by atoms with Crippen LogP contribution in [0.4, 0.5) is 10.2 Å². The minimum atomic E-state index is -2.26. The number of benzene rings is 1. The summed E-state index contributed by atoms with van der Waals surface area (Å²) in [4.78, 5) is 13.0. The Morgan fingerprint density at radius 1 is 1.39 bits per heavy atom. The Labute approximate surface area is 186 Å². The summed E-state index contributed by atoms with van der Waals surface area (Å²) >= 11 is 8.07. The molecular weight excluding hydrogens is 447 g/mol. The number of halogens is 2. The predicted molar refractivity (Wildman–Crippen MR) is 114 cm³/mol. The molecule has 3 N–H and O–H groups in total. The van der Waals surface area contributed by atoms with E-state index < -0.39 is 24.2 Å². The monoisotopic (exact) mass is 466 g/mol. The molecule has 0 saturated carbocycles. The molecule has 4 heterocycles. The Morgan fingerprint density at radius 2 is 2.23 bits per heavy atom. The predicted octanol–water partition coefficient (Wildman–Crippen LogP) is 3.15. The van der Waals surface area contributed by atoms with E-state index in [1.807, 2.05) is 24.5 Å². The Balaban J connectivity index is 1.33. The number of aliphatic hydroxyl groups is 1. The number of aromatic amines is 1. The van der Waals surface area contributed by atoms with Crippen LogP contribution in [-0.2, 0) is 16.0 Å². The van der Waals surface area contributed by atoms with Crippen molar-refractivity contribution in [2.75, 3.05) is 24.8 Å². The fraction of sp³-hybridized carbons (Fsp3) is 0.400. The zero-order chi connectivity index (χ0) is 21.6. The molecule has 8 nitrogen and oxygen atoms in total. The van der Waals surface area contributed by atoms with Gasteiger partial charge in [0.2, 0.25) is 0 Å². The third kappa shape index (κ3) is 3.72. The standard InChI is InChI=1S/C20H20ClFN4O4S/c1-31-14-5-3-2-4-10(14)7-23-17-11(21)6-12-18(25-17)26-19(24-12)30-13-8-29-20(22)15(27)9-28-16(13)20/h2-6,13,15-16,27H,7-9H2,1H3,(H2,23,24,25,26)/t13-,15-,16-,20-/m1/s1. The fourth-order valence-corrected chi connectivity index (χ4v) is 4.63. The van der Waals surface area contributed by atoms with Gasteiger partial charge in [0.05, 0.1) is 23.8 Å². The second-order valence-electron chi connectivity index (χ2n) is 7.33. The maximum absolute atomic E-state index is 14.7. The van der Waals surface area contributed by atoms with Gasteiger partial charge in [0.1, 0.15) is 11.9 Å². The number of fused-ring (bicyclic) bond motifs is 2. The number of anilines is 1. The van der Waals surface area contributed by atoms with Crippen LogP contribution in [0.1, 0.15) is 5.56 Å². The minimum Gasteiger partial charge on any atom is -0.456 e. The van der Waals surface area contributed by atoms with E-state index in [0.717, 1.165) is 5.56 Å². The molecule has 31 heavy (non-hydrogen) atoms. The number of rotatable bonds is 6. The van der Waals surface area contributed by atoms with Crippen molar-refractivity contribution in [1.82, 2.24) is 15.0 Å². The molecule has 0 unspecified atom stereocenters. The number of ether oxygens (including phenoxy) is 3. The highest BCUT2D eigenvalue weighted by Gasteiger charge is 2.62. The number of hydrogen-bond acceptors (Lipinski definition) is 8. The molecule has 5 rings (SSSR count). The Bertz CT molecular complexity index is 1120. The Morgan fingerprint density at radius 3 is 3.06 bits per heavy atom. The average Bonchev–Trinajstić information content (AvgIpc) is 3.39. The largest absolute Gasteiger partial charge is 0.456 e. The van der Waals surface area contributed by atoms with Gasteiger partial charge in [0, 0.05) is 11.4 Å². The summed E-state index contributed by atoms with van der Waals surface area (Å²) < 4.78 is 30.9. The van der Waals surface area contributed by atoms with E-state index in [2.05, 4.69) is 26.3 Å². The van der Waals surface area contributed by atoms with Gasteiger partial charge in [-0.1, -0.05) is 29.8 Å². The quantitative estimate of drug-likeness (QED) is 0.476. The number of H-pyrrole nitrogens is 1. The molecule has 2 fully saturated rings. The summed E-state index contributed by atoms with van der Waals surface area (Å²) in [5.41, 5.74) is 2.11. The van der Waals surface area contributed by atoms with E-state index in [9.17, 15) is 9.50 Å². The van der Waals surface area contributed by atoms with E-state index in [1.54, 1.807) is 17.8 Å². The summed E-state index contributed by atoms with van der Waals surface area (Å²) in [5, 5.41) is 13.4. The summed E-state index contributed by atoms with van der Waals surface area (Å²) in [7, 11) is 0. The number of nitrogens with one attached hydrogen (secondary N) is 2. The zero-order valence-electron chi connectivity index (χ0n) is 16.5. The number of aromatic nitrogens is 3. The molecule has 3 aromatic rings. The van der Waals surface area contributed by atoms with Crippen LogP contribution in [0.5, 0.6) is 6.01 Å². The lowest BCUT2D eigenvalue weighted by atomic mass is 10.1. The normalized spacial score (nSPS) is 27.5. The lowest BCUT2D eigenvalue weighted by molar-refractivity contribution is -0.169. The number of alkyl halides is 1.